The summed E-state index contributed by atoms with van der Waals surface area (Å²) < 4.78 is 6.22. The Morgan fingerprint density at radius 2 is 1.96 bits per heavy atom. The maximum absolute atomic E-state index is 12.0. The molecule has 9 heteroatoms. The molecule has 0 saturated carbocycles. The van der Waals surface area contributed by atoms with Crippen molar-refractivity contribution in [2.75, 3.05) is 19.7 Å². The number of nitrogens with zero attached hydrogens (tertiary/aromatic N) is 4. The lowest BCUT2D eigenvalue weighted by Crippen LogP contribution is -2.40. The molecule has 1 fully saturated rings. The fraction of sp³-hybridized carbons (Fsp3) is 0.667. The number of carbonyl (C=O) groups is 2. The number of hydrogen-bond donors (Lipinski definition) is 0. The Kier molecular flexibility index (Phi) is 5.53. The zero-order chi connectivity index (χ0) is 17.9. The van der Waals surface area contributed by atoms with Crippen LogP contribution in [0.1, 0.15) is 31.2 Å². The lowest BCUT2D eigenvalue weighted by molar-refractivity contribution is -0.386. The summed E-state index contributed by atoms with van der Waals surface area (Å²) in [5.41, 5.74) is 0.413. The first-order valence-corrected chi connectivity index (χ1v) is 7.91. The maximum atomic E-state index is 12.0. The summed E-state index contributed by atoms with van der Waals surface area (Å²) in [6, 6.07) is 0. The van der Waals surface area contributed by atoms with E-state index in [9.17, 15) is 19.7 Å². The first kappa shape index (κ1) is 17.9. The molecule has 0 unspecified atom stereocenters. The Bertz CT molecular complexity index is 647. The fourth-order valence-electron chi connectivity index (χ4n) is 2.77. The van der Waals surface area contributed by atoms with Crippen molar-refractivity contribution in [1.29, 1.82) is 0 Å². The Balaban J connectivity index is 1.87. The van der Waals surface area contributed by atoms with Crippen LogP contribution in [-0.4, -0.2) is 51.2 Å². The summed E-state index contributed by atoms with van der Waals surface area (Å²) in [6.45, 7) is 5.97. The maximum Gasteiger partial charge on any atom is 0.328 e. The number of esters is 1. The Hall–Kier alpha value is -2.45. The molecule has 0 N–H and O–H groups in total. The smallest absolute Gasteiger partial charge is 0.328 e. The second kappa shape index (κ2) is 7.41. The molecule has 24 heavy (non-hydrogen) atoms. The molecule has 0 bridgehead atoms. The third kappa shape index (κ3) is 4.09. The van der Waals surface area contributed by atoms with Crippen LogP contribution in [0.15, 0.2) is 0 Å². The molecule has 1 amide bonds. The van der Waals surface area contributed by atoms with E-state index in [4.69, 9.17) is 4.74 Å². The normalized spacial score (nSPS) is 15.4. The summed E-state index contributed by atoms with van der Waals surface area (Å²) >= 11 is 0. The molecule has 132 valence electrons. The van der Waals surface area contributed by atoms with Crippen molar-refractivity contribution in [3.05, 3.63) is 21.5 Å². The van der Waals surface area contributed by atoms with Crippen LogP contribution in [0.3, 0.4) is 0 Å². The van der Waals surface area contributed by atoms with E-state index in [0.717, 1.165) is 12.8 Å². The minimum atomic E-state index is -0.644. The van der Waals surface area contributed by atoms with E-state index in [1.165, 1.54) is 18.5 Å². The second-order valence-corrected chi connectivity index (χ2v) is 6.16. The molecular weight excluding hydrogens is 316 g/mol. The molecule has 1 aromatic heterocycles. The van der Waals surface area contributed by atoms with Crippen molar-refractivity contribution in [1.82, 2.24) is 14.7 Å². The second-order valence-electron chi connectivity index (χ2n) is 6.16. The van der Waals surface area contributed by atoms with Gasteiger partial charge in [0.25, 0.3) is 5.91 Å². The third-order valence-corrected chi connectivity index (χ3v) is 4.30. The van der Waals surface area contributed by atoms with Gasteiger partial charge in [-0.1, -0.05) is 6.92 Å². The van der Waals surface area contributed by atoms with Gasteiger partial charge in [0.2, 0.25) is 0 Å². The summed E-state index contributed by atoms with van der Waals surface area (Å²) in [4.78, 5) is 36.0. The lowest BCUT2D eigenvalue weighted by Gasteiger charge is -2.30. The van der Waals surface area contributed by atoms with E-state index in [1.54, 1.807) is 4.90 Å². The van der Waals surface area contributed by atoms with E-state index < -0.39 is 10.9 Å². The van der Waals surface area contributed by atoms with Crippen LogP contribution in [0.4, 0.5) is 5.69 Å². The first-order valence-electron chi connectivity index (χ1n) is 7.91. The highest BCUT2D eigenvalue weighted by Crippen LogP contribution is 2.21. The van der Waals surface area contributed by atoms with Crippen molar-refractivity contribution >= 4 is 17.6 Å². The van der Waals surface area contributed by atoms with E-state index in [2.05, 4.69) is 12.0 Å². The highest BCUT2D eigenvalue weighted by Gasteiger charge is 2.24. The van der Waals surface area contributed by atoms with Crippen LogP contribution in [0.2, 0.25) is 0 Å². The molecule has 2 rings (SSSR count). The summed E-state index contributed by atoms with van der Waals surface area (Å²) in [5, 5.41) is 14.9. The van der Waals surface area contributed by atoms with Crippen molar-refractivity contribution in [2.45, 2.75) is 40.2 Å². The fourth-order valence-corrected chi connectivity index (χ4v) is 2.77. The molecular formula is C15H22N4O5. The van der Waals surface area contributed by atoms with Gasteiger partial charge in [-0.3, -0.25) is 24.4 Å². The highest BCUT2D eigenvalue weighted by atomic mass is 16.6. The lowest BCUT2D eigenvalue weighted by atomic mass is 9.99. The predicted molar refractivity (Wildman–Crippen MR) is 84.3 cm³/mol. The van der Waals surface area contributed by atoms with E-state index >= 15 is 0 Å². The predicted octanol–water partition coefficient (Wildman–Crippen LogP) is 1.21. The van der Waals surface area contributed by atoms with Crippen LogP contribution in [-0.2, 0) is 20.9 Å². The molecule has 0 aromatic carbocycles. The van der Waals surface area contributed by atoms with E-state index in [1.807, 2.05) is 0 Å². The van der Waals surface area contributed by atoms with Gasteiger partial charge in [-0.15, -0.1) is 0 Å². The average molecular weight is 338 g/mol. The van der Waals surface area contributed by atoms with Gasteiger partial charge in [0.05, 0.1) is 4.92 Å². The first-order chi connectivity index (χ1) is 11.3. The van der Waals surface area contributed by atoms with Crippen LogP contribution in [0.5, 0.6) is 0 Å². The van der Waals surface area contributed by atoms with Gasteiger partial charge in [0.1, 0.15) is 17.9 Å². The van der Waals surface area contributed by atoms with Gasteiger partial charge in [0.15, 0.2) is 6.61 Å². The minimum Gasteiger partial charge on any atom is -0.454 e. The number of ether oxygens (including phenoxy) is 1. The van der Waals surface area contributed by atoms with Crippen LogP contribution in [0, 0.1) is 29.9 Å². The number of aryl methyl sites for hydroxylation is 1. The summed E-state index contributed by atoms with van der Waals surface area (Å²) in [6.07, 6.45) is 1.91. The Labute approximate surface area is 139 Å². The van der Waals surface area contributed by atoms with Gasteiger partial charge in [-0.25, -0.2) is 0 Å². The van der Waals surface area contributed by atoms with Crippen molar-refractivity contribution in [2.24, 2.45) is 5.92 Å². The van der Waals surface area contributed by atoms with Crippen molar-refractivity contribution < 1.29 is 19.2 Å². The van der Waals surface area contributed by atoms with Gasteiger partial charge < -0.3 is 9.64 Å². The largest absolute Gasteiger partial charge is 0.454 e. The monoisotopic (exact) mass is 338 g/mol. The molecule has 1 aliphatic heterocycles. The molecule has 1 aliphatic rings. The quantitative estimate of drug-likeness (QED) is 0.454. The average Bonchev–Trinajstić information content (AvgIpc) is 2.79. The minimum absolute atomic E-state index is 0.110. The molecule has 0 aliphatic carbocycles. The summed E-state index contributed by atoms with van der Waals surface area (Å²) in [5.74, 6) is -0.248. The van der Waals surface area contributed by atoms with Gasteiger partial charge >= 0.3 is 11.7 Å². The number of aromatic nitrogens is 2. The third-order valence-electron chi connectivity index (χ3n) is 4.30. The SMILES string of the molecule is Cc1nn(CC(=O)OCC(=O)N2CCC(C)CC2)c(C)c1[N+](=O)[O-]. The highest BCUT2D eigenvalue weighted by molar-refractivity contribution is 5.80. The van der Waals surface area contributed by atoms with Gasteiger partial charge in [-0.05, 0) is 32.6 Å². The van der Waals surface area contributed by atoms with Crippen molar-refractivity contribution in [3.63, 3.8) is 0 Å². The summed E-state index contributed by atoms with van der Waals surface area (Å²) in [7, 11) is 0. The van der Waals surface area contributed by atoms with Crippen molar-refractivity contribution in [3.8, 4) is 0 Å². The molecule has 9 nitrogen and oxygen atoms in total. The standard InChI is InChI=1S/C15H22N4O5/c1-10-4-6-17(7-5-10)13(20)9-24-14(21)8-18-12(3)15(19(22)23)11(2)16-18/h10H,4-9H2,1-3H3. The Morgan fingerprint density at radius 3 is 2.50 bits per heavy atom. The van der Waals surface area contributed by atoms with Crippen LogP contribution >= 0.6 is 0 Å². The molecule has 0 spiro atoms. The molecule has 1 aromatic rings. The number of carbonyl (C=O) groups excluding carboxylic acids is 2. The molecule has 0 radical (unpaired) electrons. The molecule has 0 atom stereocenters. The van der Waals surface area contributed by atoms with E-state index in [-0.39, 0.29) is 36.1 Å². The molecule has 1 saturated heterocycles. The number of piperidine rings is 1. The zero-order valence-electron chi connectivity index (χ0n) is 14.2. The Morgan fingerprint density at radius 1 is 1.33 bits per heavy atom. The van der Waals surface area contributed by atoms with E-state index in [0.29, 0.717) is 19.0 Å². The number of likely N-dealkylation sites (tertiary alicyclic amines) is 1. The molecule has 2 heterocycles. The topological polar surface area (TPSA) is 108 Å². The number of rotatable bonds is 5. The number of hydrogen-bond acceptors (Lipinski definition) is 6. The number of amides is 1. The van der Waals surface area contributed by atoms with Gasteiger partial charge in [-0.2, -0.15) is 5.10 Å². The van der Waals surface area contributed by atoms with Crippen LogP contribution < -0.4 is 0 Å². The zero-order valence-corrected chi connectivity index (χ0v) is 14.2. The van der Waals surface area contributed by atoms with Crippen LogP contribution in [0.25, 0.3) is 0 Å². The number of nitro groups is 1. The van der Waals surface area contributed by atoms with Gasteiger partial charge in [0, 0.05) is 13.1 Å².